The number of alkyl halides is 2. The Labute approximate surface area is 88.1 Å². The largest absolute Gasteiger partial charge is 0.366 e. The smallest absolute Gasteiger partial charge is 0.281 e. The molecule has 1 aromatic rings. The van der Waals surface area contributed by atoms with Gasteiger partial charge in [0.2, 0.25) is 0 Å². The van der Waals surface area contributed by atoms with Crippen LogP contribution in [0.5, 0.6) is 0 Å². The van der Waals surface area contributed by atoms with E-state index in [9.17, 15) is 8.78 Å². The normalized spacial score (nSPS) is 16.0. The minimum Gasteiger partial charge on any atom is -0.366 e. The van der Waals surface area contributed by atoms with Gasteiger partial charge >= 0.3 is 0 Å². The van der Waals surface area contributed by atoms with Crippen LogP contribution in [0.15, 0.2) is 10.8 Å². The van der Waals surface area contributed by atoms with Gasteiger partial charge in [0.25, 0.3) is 6.43 Å². The Balaban J connectivity index is 2.25. The molecule has 3 nitrogen and oxygen atoms in total. The molecule has 0 aliphatic heterocycles. The Morgan fingerprint density at radius 2 is 2.14 bits per heavy atom. The Kier molecular flexibility index (Phi) is 2.62. The summed E-state index contributed by atoms with van der Waals surface area (Å²) in [6.45, 7) is 0. The Morgan fingerprint density at radius 1 is 1.43 bits per heavy atom. The maximum Gasteiger partial charge on any atom is 0.281 e. The number of anilines is 1. The summed E-state index contributed by atoms with van der Waals surface area (Å²) < 4.78 is 25.1. The van der Waals surface area contributed by atoms with Crippen molar-refractivity contribution in [2.45, 2.75) is 25.3 Å². The second-order valence-electron chi connectivity index (χ2n) is 3.14. The average Bonchev–Trinajstić information content (AvgIpc) is 2.92. The van der Waals surface area contributed by atoms with Crippen molar-refractivity contribution in [1.82, 2.24) is 9.97 Å². The van der Waals surface area contributed by atoms with Crippen molar-refractivity contribution in [3.05, 3.63) is 16.5 Å². The van der Waals surface area contributed by atoms with E-state index in [0.717, 1.165) is 19.2 Å². The number of hydrogen-bond donors (Lipinski definition) is 1. The van der Waals surface area contributed by atoms with Crippen LogP contribution in [0.25, 0.3) is 0 Å². The van der Waals surface area contributed by atoms with Gasteiger partial charge in [-0.15, -0.1) is 0 Å². The van der Waals surface area contributed by atoms with Crippen LogP contribution < -0.4 is 5.32 Å². The quantitative estimate of drug-likeness (QED) is 0.912. The molecule has 1 N–H and O–H groups in total. The molecule has 0 bridgehead atoms. The van der Waals surface area contributed by atoms with E-state index < -0.39 is 6.43 Å². The maximum absolute atomic E-state index is 12.4. The lowest BCUT2D eigenvalue weighted by atomic mass is 10.4. The van der Waals surface area contributed by atoms with E-state index in [2.05, 4.69) is 31.2 Å². The Hall–Kier alpha value is -0.780. The number of halogens is 3. The zero-order valence-electron chi connectivity index (χ0n) is 7.17. The first-order valence-electron chi connectivity index (χ1n) is 4.23. The number of aromatic nitrogens is 2. The zero-order chi connectivity index (χ0) is 10.1. The second kappa shape index (κ2) is 3.76. The molecule has 1 heterocycles. The number of nitrogens with one attached hydrogen (secondary N) is 1. The molecular formula is C8H8BrF2N3. The summed E-state index contributed by atoms with van der Waals surface area (Å²) in [5.74, 6) is 0.456. The summed E-state index contributed by atoms with van der Waals surface area (Å²) in [7, 11) is 0. The van der Waals surface area contributed by atoms with Gasteiger partial charge in [-0.2, -0.15) is 0 Å². The molecule has 1 aromatic heterocycles. The van der Waals surface area contributed by atoms with Gasteiger partial charge in [0.05, 0.1) is 4.47 Å². The van der Waals surface area contributed by atoms with Gasteiger partial charge in [0.1, 0.15) is 17.8 Å². The van der Waals surface area contributed by atoms with Crippen molar-refractivity contribution in [1.29, 1.82) is 0 Å². The van der Waals surface area contributed by atoms with E-state index >= 15 is 0 Å². The SMILES string of the molecule is FC(F)c1ncnc(NC2CC2)c1Br. The molecule has 1 aliphatic rings. The first kappa shape index (κ1) is 9.76. The number of rotatable bonds is 3. The van der Waals surface area contributed by atoms with E-state index in [1.807, 2.05) is 0 Å². The van der Waals surface area contributed by atoms with Crippen LogP contribution in [-0.4, -0.2) is 16.0 Å². The summed E-state index contributed by atoms with van der Waals surface area (Å²) in [6.07, 6.45) is 0.713. The van der Waals surface area contributed by atoms with Gasteiger partial charge in [0, 0.05) is 6.04 Å². The highest BCUT2D eigenvalue weighted by Gasteiger charge is 2.24. The lowest BCUT2D eigenvalue weighted by Gasteiger charge is -2.08. The van der Waals surface area contributed by atoms with Crippen LogP contribution >= 0.6 is 15.9 Å². The predicted octanol–water partition coefficient (Wildman–Crippen LogP) is 2.75. The fourth-order valence-corrected chi connectivity index (χ4v) is 1.55. The average molecular weight is 264 g/mol. The Bertz CT molecular complexity index is 341. The molecule has 6 heteroatoms. The molecule has 0 radical (unpaired) electrons. The third-order valence-electron chi connectivity index (χ3n) is 1.94. The lowest BCUT2D eigenvalue weighted by Crippen LogP contribution is -2.06. The van der Waals surface area contributed by atoms with E-state index in [-0.39, 0.29) is 10.2 Å². The second-order valence-corrected chi connectivity index (χ2v) is 3.93. The minimum absolute atomic E-state index is 0.261. The molecule has 0 saturated heterocycles. The van der Waals surface area contributed by atoms with Crippen LogP contribution in [0.3, 0.4) is 0 Å². The van der Waals surface area contributed by atoms with E-state index in [1.54, 1.807) is 0 Å². The number of hydrogen-bond acceptors (Lipinski definition) is 3. The molecular weight excluding hydrogens is 256 g/mol. The number of nitrogens with zero attached hydrogens (tertiary/aromatic N) is 2. The molecule has 14 heavy (non-hydrogen) atoms. The summed E-state index contributed by atoms with van der Waals surface area (Å²) in [6, 6.07) is 0.381. The zero-order valence-corrected chi connectivity index (χ0v) is 8.76. The van der Waals surface area contributed by atoms with Crippen LogP contribution in [-0.2, 0) is 0 Å². The van der Waals surface area contributed by atoms with Gasteiger partial charge in [-0.1, -0.05) is 0 Å². The van der Waals surface area contributed by atoms with Crippen LogP contribution in [0, 0.1) is 0 Å². The fraction of sp³-hybridized carbons (Fsp3) is 0.500. The highest BCUT2D eigenvalue weighted by Crippen LogP contribution is 2.32. The van der Waals surface area contributed by atoms with Crippen LogP contribution in [0.1, 0.15) is 25.0 Å². The van der Waals surface area contributed by atoms with Crippen molar-refractivity contribution < 1.29 is 8.78 Å². The van der Waals surface area contributed by atoms with Crippen LogP contribution in [0.2, 0.25) is 0 Å². The van der Waals surface area contributed by atoms with Gasteiger partial charge < -0.3 is 5.32 Å². The lowest BCUT2D eigenvalue weighted by molar-refractivity contribution is 0.145. The first-order valence-corrected chi connectivity index (χ1v) is 5.03. The van der Waals surface area contributed by atoms with Crippen molar-refractivity contribution in [3.8, 4) is 0 Å². The van der Waals surface area contributed by atoms with Gasteiger partial charge in [-0.3, -0.25) is 0 Å². The fourth-order valence-electron chi connectivity index (χ4n) is 1.06. The van der Waals surface area contributed by atoms with Crippen molar-refractivity contribution in [2.24, 2.45) is 0 Å². The standard InChI is InChI=1S/C8H8BrF2N3/c9-5-6(7(10)11)12-3-13-8(5)14-4-1-2-4/h3-4,7H,1-2H2,(H,12,13,14). The summed E-state index contributed by atoms with van der Waals surface area (Å²) in [5.41, 5.74) is -0.261. The molecule has 0 amide bonds. The molecule has 2 rings (SSSR count). The highest BCUT2D eigenvalue weighted by molar-refractivity contribution is 9.10. The molecule has 0 spiro atoms. The van der Waals surface area contributed by atoms with Crippen molar-refractivity contribution >= 4 is 21.7 Å². The molecule has 76 valence electrons. The van der Waals surface area contributed by atoms with E-state index in [1.165, 1.54) is 0 Å². The van der Waals surface area contributed by atoms with Gasteiger partial charge in [-0.25, -0.2) is 18.7 Å². The monoisotopic (exact) mass is 263 g/mol. The summed E-state index contributed by atoms with van der Waals surface area (Å²) >= 11 is 3.07. The predicted molar refractivity (Wildman–Crippen MR) is 51.3 cm³/mol. The summed E-state index contributed by atoms with van der Waals surface area (Å²) in [4.78, 5) is 7.42. The summed E-state index contributed by atoms with van der Waals surface area (Å²) in [5, 5.41) is 3.05. The van der Waals surface area contributed by atoms with Gasteiger partial charge in [0.15, 0.2) is 0 Å². The van der Waals surface area contributed by atoms with Crippen molar-refractivity contribution in [3.63, 3.8) is 0 Å². The molecule has 0 unspecified atom stereocenters. The minimum atomic E-state index is -2.58. The maximum atomic E-state index is 12.4. The third kappa shape index (κ3) is 2.00. The van der Waals surface area contributed by atoms with Crippen molar-refractivity contribution in [2.75, 3.05) is 5.32 Å². The molecule has 1 fully saturated rings. The Morgan fingerprint density at radius 3 is 2.71 bits per heavy atom. The molecule has 0 atom stereocenters. The van der Waals surface area contributed by atoms with E-state index in [0.29, 0.717) is 11.9 Å². The van der Waals surface area contributed by atoms with Gasteiger partial charge in [-0.05, 0) is 28.8 Å². The first-order chi connectivity index (χ1) is 6.68. The highest BCUT2D eigenvalue weighted by atomic mass is 79.9. The third-order valence-corrected chi connectivity index (χ3v) is 2.72. The topological polar surface area (TPSA) is 37.8 Å². The molecule has 1 saturated carbocycles. The van der Waals surface area contributed by atoms with E-state index in [4.69, 9.17) is 0 Å². The van der Waals surface area contributed by atoms with Crippen LogP contribution in [0.4, 0.5) is 14.6 Å². The molecule has 1 aliphatic carbocycles. The molecule has 0 aromatic carbocycles.